The van der Waals surface area contributed by atoms with Crippen LogP contribution in [0.4, 0.5) is 16.1 Å². The monoisotopic (exact) mass is 390 g/mol. The van der Waals surface area contributed by atoms with Crippen molar-refractivity contribution in [1.82, 2.24) is 15.0 Å². The fourth-order valence-corrected chi connectivity index (χ4v) is 2.60. The lowest BCUT2D eigenvalue weighted by atomic mass is 9.99. The van der Waals surface area contributed by atoms with Crippen LogP contribution in [0.1, 0.15) is 13.8 Å². The summed E-state index contributed by atoms with van der Waals surface area (Å²) < 4.78 is 25.6. The van der Waals surface area contributed by atoms with Gasteiger partial charge in [-0.25, -0.2) is 14.4 Å². The number of nitrogens with one attached hydrogen (secondary N) is 1. The zero-order chi connectivity index (χ0) is 20.4. The molecule has 2 aromatic carbocycles. The van der Waals surface area contributed by atoms with Crippen molar-refractivity contribution < 1.29 is 13.5 Å². The van der Waals surface area contributed by atoms with Gasteiger partial charge in [0.1, 0.15) is 17.9 Å². The standard InChI is InChI=1S/C22H19FN4O2/c1-22(2,3)13-28-20-24-11-14(12-25-20)16-9-8-15(10-17(16)23)26-21-27-18-6-4-5-7-19(18)29-21/h4-13H,1H2,2-3H3,(H,26,27). The Bertz CT molecular complexity index is 1100. The predicted octanol–water partition coefficient (Wildman–Crippen LogP) is 5.57. The molecule has 0 bridgehead atoms. The molecular formula is C22H19FN4O2. The average molecular weight is 390 g/mol. The molecule has 0 aliphatic heterocycles. The van der Waals surface area contributed by atoms with E-state index in [0.717, 1.165) is 5.52 Å². The molecular weight excluding hydrogens is 371 g/mol. The smallest absolute Gasteiger partial charge is 0.316 e. The molecule has 4 aromatic rings. The first-order valence-electron chi connectivity index (χ1n) is 8.98. The molecule has 6 nitrogen and oxygen atoms in total. The number of anilines is 2. The molecule has 0 aliphatic rings. The fraction of sp³-hybridized carbons (Fsp3) is 0.136. The Hall–Kier alpha value is -3.48. The van der Waals surface area contributed by atoms with Crippen LogP contribution in [0.5, 0.6) is 6.01 Å². The van der Waals surface area contributed by atoms with Crippen molar-refractivity contribution >= 4 is 22.8 Å². The van der Waals surface area contributed by atoms with Crippen LogP contribution in [0.15, 0.2) is 59.3 Å². The van der Waals surface area contributed by atoms with E-state index in [4.69, 9.17) is 9.15 Å². The number of rotatable bonds is 6. The highest BCUT2D eigenvalue weighted by atomic mass is 19.1. The lowest BCUT2D eigenvalue weighted by molar-refractivity contribution is 0.284. The van der Waals surface area contributed by atoms with Crippen molar-refractivity contribution in [3.05, 3.63) is 74.2 Å². The van der Waals surface area contributed by atoms with Crippen LogP contribution in [-0.2, 0) is 0 Å². The summed E-state index contributed by atoms with van der Waals surface area (Å²) in [5, 5.41) is 2.97. The van der Waals surface area contributed by atoms with Crippen LogP contribution in [0.25, 0.3) is 22.2 Å². The highest BCUT2D eigenvalue weighted by Crippen LogP contribution is 2.28. The SMILES string of the molecule is [CH2]C(C)(C)[CH]Oc1ncc(-c2ccc(Nc3nc4ccccc4o3)cc2F)cn1. The number of fused-ring (bicyclic) bond motifs is 1. The van der Waals surface area contributed by atoms with E-state index in [2.05, 4.69) is 27.2 Å². The summed E-state index contributed by atoms with van der Waals surface area (Å²) in [6, 6.07) is 12.6. The van der Waals surface area contributed by atoms with Crippen molar-refractivity contribution in [2.45, 2.75) is 13.8 Å². The van der Waals surface area contributed by atoms with Gasteiger partial charge in [0.05, 0.1) is 0 Å². The number of nitrogens with zero attached hydrogens (tertiary/aromatic N) is 3. The summed E-state index contributed by atoms with van der Waals surface area (Å²) in [6.07, 6.45) is 3.02. The Morgan fingerprint density at radius 3 is 2.59 bits per heavy atom. The Kier molecular flexibility index (Phi) is 4.88. The van der Waals surface area contributed by atoms with Gasteiger partial charge >= 0.3 is 6.01 Å². The molecule has 7 heteroatoms. The summed E-state index contributed by atoms with van der Waals surface area (Å²) >= 11 is 0. The molecule has 2 radical (unpaired) electrons. The van der Waals surface area contributed by atoms with Gasteiger partial charge in [-0.2, -0.15) is 4.98 Å². The number of hydrogen-bond donors (Lipinski definition) is 1. The molecule has 29 heavy (non-hydrogen) atoms. The van der Waals surface area contributed by atoms with Gasteiger partial charge in [-0.1, -0.05) is 26.0 Å². The molecule has 4 rings (SSSR count). The maximum absolute atomic E-state index is 14.7. The van der Waals surface area contributed by atoms with E-state index < -0.39 is 5.82 Å². The van der Waals surface area contributed by atoms with E-state index in [0.29, 0.717) is 28.4 Å². The van der Waals surface area contributed by atoms with Crippen LogP contribution in [0, 0.1) is 24.8 Å². The Labute approximate surface area is 167 Å². The highest BCUT2D eigenvalue weighted by molar-refractivity contribution is 5.75. The highest BCUT2D eigenvalue weighted by Gasteiger charge is 2.14. The number of para-hydroxylation sites is 2. The van der Waals surface area contributed by atoms with Gasteiger partial charge in [0.2, 0.25) is 0 Å². The molecule has 2 aromatic heterocycles. The quantitative estimate of drug-likeness (QED) is 0.464. The molecule has 0 saturated heterocycles. The van der Waals surface area contributed by atoms with E-state index in [-0.39, 0.29) is 11.4 Å². The average Bonchev–Trinajstić information content (AvgIpc) is 3.09. The third kappa shape index (κ3) is 4.51. The molecule has 2 heterocycles. The number of halogens is 1. The Morgan fingerprint density at radius 2 is 1.90 bits per heavy atom. The van der Waals surface area contributed by atoms with Crippen molar-refractivity contribution in [3.8, 4) is 17.1 Å². The molecule has 0 fully saturated rings. The topological polar surface area (TPSA) is 73.1 Å². The molecule has 146 valence electrons. The first kappa shape index (κ1) is 18.9. The van der Waals surface area contributed by atoms with Gasteiger partial charge in [-0.05, 0) is 37.3 Å². The predicted molar refractivity (Wildman–Crippen MR) is 109 cm³/mol. The van der Waals surface area contributed by atoms with E-state index in [1.807, 2.05) is 38.1 Å². The van der Waals surface area contributed by atoms with Crippen LogP contribution in [0.3, 0.4) is 0 Å². The molecule has 0 spiro atoms. The van der Waals surface area contributed by atoms with E-state index in [1.165, 1.54) is 18.5 Å². The van der Waals surface area contributed by atoms with Crippen LogP contribution in [-0.4, -0.2) is 15.0 Å². The minimum atomic E-state index is -0.422. The molecule has 0 atom stereocenters. The lowest BCUT2D eigenvalue weighted by Gasteiger charge is -2.16. The van der Waals surface area contributed by atoms with Crippen LogP contribution < -0.4 is 10.1 Å². The minimum absolute atomic E-state index is 0.181. The Balaban J connectivity index is 1.49. The summed E-state index contributed by atoms with van der Waals surface area (Å²) in [4.78, 5) is 12.5. The minimum Gasteiger partial charge on any atom is -0.456 e. The zero-order valence-corrected chi connectivity index (χ0v) is 16.0. The number of oxazole rings is 1. The van der Waals surface area contributed by atoms with Crippen LogP contribution >= 0.6 is 0 Å². The number of benzene rings is 2. The molecule has 0 amide bonds. The van der Waals surface area contributed by atoms with E-state index in [9.17, 15) is 4.39 Å². The largest absolute Gasteiger partial charge is 0.456 e. The van der Waals surface area contributed by atoms with Gasteiger partial charge in [0.15, 0.2) is 5.58 Å². The second-order valence-corrected chi connectivity index (χ2v) is 7.28. The van der Waals surface area contributed by atoms with Crippen LogP contribution in [0.2, 0.25) is 0 Å². The molecule has 0 aliphatic carbocycles. The van der Waals surface area contributed by atoms with Gasteiger partial charge in [0.25, 0.3) is 6.01 Å². The number of ether oxygens (including phenoxy) is 1. The van der Waals surface area contributed by atoms with Gasteiger partial charge in [-0.3, -0.25) is 0 Å². The summed E-state index contributed by atoms with van der Waals surface area (Å²) in [6.45, 7) is 9.25. The number of hydrogen-bond acceptors (Lipinski definition) is 6. The second kappa shape index (κ2) is 7.50. The first-order valence-corrected chi connectivity index (χ1v) is 8.98. The van der Waals surface area contributed by atoms with Gasteiger partial charge < -0.3 is 14.5 Å². The third-order valence-corrected chi connectivity index (χ3v) is 3.94. The van der Waals surface area contributed by atoms with E-state index in [1.54, 1.807) is 18.7 Å². The Morgan fingerprint density at radius 1 is 1.14 bits per heavy atom. The van der Waals surface area contributed by atoms with E-state index >= 15 is 0 Å². The van der Waals surface area contributed by atoms with Crippen molar-refractivity contribution in [1.29, 1.82) is 0 Å². The van der Waals surface area contributed by atoms with Crippen molar-refractivity contribution in [2.24, 2.45) is 5.41 Å². The maximum Gasteiger partial charge on any atom is 0.316 e. The zero-order valence-electron chi connectivity index (χ0n) is 16.0. The summed E-state index contributed by atoms with van der Waals surface area (Å²) in [7, 11) is 0. The summed E-state index contributed by atoms with van der Waals surface area (Å²) in [5.41, 5.74) is 2.45. The summed E-state index contributed by atoms with van der Waals surface area (Å²) in [5.74, 6) is -0.422. The fourth-order valence-electron chi connectivity index (χ4n) is 2.60. The van der Waals surface area contributed by atoms with Gasteiger partial charge in [-0.15, -0.1) is 0 Å². The van der Waals surface area contributed by atoms with Crippen molar-refractivity contribution in [3.63, 3.8) is 0 Å². The first-order chi connectivity index (χ1) is 13.9. The third-order valence-electron chi connectivity index (χ3n) is 3.94. The van der Waals surface area contributed by atoms with Gasteiger partial charge in [0, 0.05) is 34.6 Å². The number of aromatic nitrogens is 3. The lowest BCUT2D eigenvalue weighted by Crippen LogP contribution is -2.12. The normalized spacial score (nSPS) is 11.6. The molecule has 0 unspecified atom stereocenters. The second-order valence-electron chi connectivity index (χ2n) is 7.28. The molecule has 1 N–H and O–H groups in total. The van der Waals surface area contributed by atoms with Crippen molar-refractivity contribution in [2.75, 3.05) is 5.32 Å². The maximum atomic E-state index is 14.7. The molecule has 0 saturated carbocycles.